The molecule has 1 aliphatic rings. The first-order valence-electron chi connectivity index (χ1n) is 12.0. The molecule has 4 N–H and O–H groups in total. The number of nitrogens with zero attached hydrogens (tertiary/aromatic N) is 3. The van der Waals surface area contributed by atoms with Gasteiger partial charge in [-0.05, 0) is 25.1 Å². The summed E-state index contributed by atoms with van der Waals surface area (Å²) in [5.74, 6) is 0.926. The maximum Gasteiger partial charge on any atom is 0.329 e. The fraction of sp³-hybridized carbons (Fsp3) is 0.250. The van der Waals surface area contributed by atoms with E-state index in [1.807, 2.05) is 0 Å². The molecule has 2 aromatic rings. The first-order valence-corrected chi connectivity index (χ1v) is 12.0. The summed E-state index contributed by atoms with van der Waals surface area (Å²) in [4.78, 5) is 32.6. The predicted octanol–water partition coefficient (Wildman–Crippen LogP) is 3.35. The first kappa shape index (κ1) is 29.0. The Bertz CT molecular complexity index is 1280. The molecule has 39 heavy (non-hydrogen) atoms. The molecule has 0 saturated heterocycles. The van der Waals surface area contributed by atoms with Gasteiger partial charge >= 0.3 is 6.03 Å². The minimum Gasteiger partial charge on any atom is -0.497 e. The van der Waals surface area contributed by atoms with Crippen molar-refractivity contribution in [3.63, 3.8) is 0 Å². The SMILES string of the molecule is C=CC(=O)Nc1ccccc1NC(=C)N=CC1=C(C)N(CC(O)CO)C(=O)N(c2cc(OC)cc(OC)c2)C1. The fourth-order valence-corrected chi connectivity index (χ4v) is 3.81. The van der Waals surface area contributed by atoms with Crippen LogP contribution < -0.4 is 25.0 Å². The van der Waals surface area contributed by atoms with E-state index in [2.05, 4.69) is 28.8 Å². The van der Waals surface area contributed by atoms with Gasteiger partial charge in [-0.25, -0.2) is 9.79 Å². The standard InChI is InChI=1S/C28H33N5O6/c1-6-27(36)31-26-10-8-7-9-25(26)30-19(3)29-14-20-15-33(21-11-23(38-4)13-24(12-21)39-5)28(37)32(18(20)2)16-22(35)17-34/h6-14,22,30,34-35H,1,3,15-17H2,2,4-5H3,(H,31,36). The van der Waals surface area contributed by atoms with Crippen LogP contribution >= 0.6 is 0 Å². The lowest BCUT2D eigenvalue weighted by atomic mass is 10.1. The highest BCUT2D eigenvalue weighted by Crippen LogP contribution is 2.32. The summed E-state index contributed by atoms with van der Waals surface area (Å²) in [6, 6.07) is 11.8. The predicted molar refractivity (Wildman–Crippen MR) is 151 cm³/mol. The number of amides is 3. The lowest BCUT2D eigenvalue weighted by Gasteiger charge is -2.38. The third-order valence-electron chi connectivity index (χ3n) is 5.94. The van der Waals surface area contributed by atoms with Crippen LogP contribution in [0.5, 0.6) is 11.5 Å². The van der Waals surface area contributed by atoms with Gasteiger partial charge in [-0.15, -0.1) is 0 Å². The van der Waals surface area contributed by atoms with Crippen LogP contribution in [-0.4, -0.2) is 73.3 Å². The molecule has 0 radical (unpaired) electrons. The molecule has 2 aromatic carbocycles. The number of urea groups is 1. The van der Waals surface area contributed by atoms with Crippen LogP contribution in [0, 0.1) is 0 Å². The zero-order valence-electron chi connectivity index (χ0n) is 22.2. The lowest BCUT2D eigenvalue weighted by Crippen LogP contribution is -2.51. The summed E-state index contributed by atoms with van der Waals surface area (Å²) in [6.07, 6.45) is 1.61. The van der Waals surface area contributed by atoms with Gasteiger partial charge in [-0.3, -0.25) is 14.6 Å². The van der Waals surface area contributed by atoms with Crippen LogP contribution in [0.2, 0.25) is 0 Å². The third kappa shape index (κ3) is 7.24. The number of para-hydroxylation sites is 2. The van der Waals surface area contributed by atoms with E-state index >= 15 is 0 Å². The average Bonchev–Trinajstić information content (AvgIpc) is 2.95. The Kier molecular flexibility index (Phi) is 9.85. The van der Waals surface area contributed by atoms with Gasteiger partial charge in [-0.1, -0.05) is 25.3 Å². The van der Waals surface area contributed by atoms with Gasteiger partial charge in [0, 0.05) is 35.7 Å². The smallest absolute Gasteiger partial charge is 0.329 e. The van der Waals surface area contributed by atoms with Crippen molar-refractivity contribution in [2.24, 2.45) is 4.99 Å². The summed E-state index contributed by atoms with van der Waals surface area (Å²) >= 11 is 0. The van der Waals surface area contributed by atoms with Gasteiger partial charge in [0.15, 0.2) is 0 Å². The second-order valence-corrected chi connectivity index (χ2v) is 8.57. The van der Waals surface area contributed by atoms with Gasteiger partial charge in [-0.2, -0.15) is 0 Å². The second kappa shape index (κ2) is 13.3. The molecule has 1 unspecified atom stereocenters. The molecule has 1 atom stereocenters. The Morgan fingerprint density at radius 1 is 1.15 bits per heavy atom. The highest BCUT2D eigenvalue weighted by atomic mass is 16.5. The number of aliphatic hydroxyl groups is 2. The van der Waals surface area contributed by atoms with E-state index in [4.69, 9.17) is 9.47 Å². The van der Waals surface area contributed by atoms with Crippen molar-refractivity contribution in [2.45, 2.75) is 13.0 Å². The average molecular weight is 536 g/mol. The molecule has 3 rings (SSSR count). The summed E-state index contributed by atoms with van der Waals surface area (Å²) in [5.41, 5.74) is 2.85. The normalized spacial score (nSPS) is 14.3. The van der Waals surface area contributed by atoms with E-state index in [0.29, 0.717) is 39.8 Å². The number of carbonyl (C=O) groups excluding carboxylic acids is 2. The van der Waals surface area contributed by atoms with Gasteiger partial charge in [0.1, 0.15) is 17.3 Å². The highest BCUT2D eigenvalue weighted by Gasteiger charge is 2.32. The molecule has 0 spiro atoms. The summed E-state index contributed by atoms with van der Waals surface area (Å²) < 4.78 is 10.7. The topological polar surface area (TPSA) is 136 Å². The molecule has 0 aliphatic carbocycles. The first-order chi connectivity index (χ1) is 18.7. The summed E-state index contributed by atoms with van der Waals surface area (Å²) in [7, 11) is 3.03. The number of allylic oxidation sites excluding steroid dienone is 1. The van der Waals surface area contributed by atoms with E-state index < -0.39 is 18.7 Å². The molecule has 11 nitrogen and oxygen atoms in total. The molecule has 1 heterocycles. The Morgan fingerprint density at radius 3 is 2.33 bits per heavy atom. The van der Waals surface area contributed by atoms with E-state index in [0.717, 1.165) is 0 Å². The van der Waals surface area contributed by atoms with Crippen molar-refractivity contribution in [3.8, 4) is 11.5 Å². The number of carbonyl (C=O) groups is 2. The van der Waals surface area contributed by atoms with Gasteiger partial charge < -0.3 is 30.3 Å². The third-order valence-corrected chi connectivity index (χ3v) is 5.94. The Balaban J connectivity index is 1.92. The number of anilines is 3. The number of benzene rings is 2. The number of ether oxygens (including phenoxy) is 2. The summed E-state index contributed by atoms with van der Waals surface area (Å²) in [5, 5.41) is 25.3. The van der Waals surface area contributed by atoms with E-state index in [1.54, 1.807) is 55.6 Å². The summed E-state index contributed by atoms with van der Waals surface area (Å²) in [6.45, 7) is 8.69. The Morgan fingerprint density at radius 2 is 1.77 bits per heavy atom. The van der Waals surface area contributed by atoms with Crippen molar-refractivity contribution in [1.29, 1.82) is 0 Å². The number of hydrogen-bond donors (Lipinski definition) is 4. The molecular formula is C28H33N5O6. The lowest BCUT2D eigenvalue weighted by molar-refractivity contribution is -0.111. The number of nitrogens with one attached hydrogen (secondary N) is 2. The quantitative estimate of drug-likeness (QED) is 0.242. The van der Waals surface area contributed by atoms with Gasteiger partial charge in [0.25, 0.3) is 0 Å². The monoisotopic (exact) mass is 535 g/mol. The molecule has 0 aromatic heterocycles. The maximum atomic E-state index is 13.5. The molecule has 3 amide bonds. The van der Waals surface area contributed by atoms with Gasteiger partial charge in [0.05, 0.1) is 57.1 Å². The Hall–Kier alpha value is -4.61. The Labute approximate surface area is 227 Å². The fourth-order valence-electron chi connectivity index (χ4n) is 3.81. The van der Waals surface area contributed by atoms with Crippen LogP contribution in [0.4, 0.5) is 21.9 Å². The zero-order chi connectivity index (χ0) is 28.5. The number of aliphatic hydroxyl groups excluding tert-OH is 2. The van der Waals surface area contributed by atoms with Crippen LogP contribution in [0.25, 0.3) is 0 Å². The highest BCUT2D eigenvalue weighted by molar-refractivity contribution is 6.01. The molecule has 206 valence electrons. The number of β-amino-alcohol motifs (C(OH)–C–C–N with tert-alkyl or cyclic N) is 1. The van der Waals surface area contributed by atoms with E-state index in [1.165, 1.54) is 30.1 Å². The minimum atomic E-state index is -1.14. The van der Waals surface area contributed by atoms with Crippen molar-refractivity contribution >= 4 is 35.2 Å². The van der Waals surface area contributed by atoms with Crippen LogP contribution in [0.1, 0.15) is 6.92 Å². The van der Waals surface area contributed by atoms with E-state index in [9.17, 15) is 19.8 Å². The number of aliphatic imine (C=N–C) groups is 1. The van der Waals surface area contributed by atoms with Crippen LogP contribution in [0.3, 0.4) is 0 Å². The van der Waals surface area contributed by atoms with Crippen LogP contribution in [0.15, 0.2) is 83.8 Å². The molecule has 0 fully saturated rings. The van der Waals surface area contributed by atoms with Crippen molar-refractivity contribution in [3.05, 3.63) is 78.8 Å². The van der Waals surface area contributed by atoms with Crippen molar-refractivity contribution in [1.82, 2.24) is 4.90 Å². The largest absolute Gasteiger partial charge is 0.497 e. The van der Waals surface area contributed by atoms with Crippen molar-refractivity contribution in [2.75, 3.05) is 49.4 Å². The van der Waals surface area contributed by atoms with Gasteiger partial charge in [0.2, 0.25) is 5.91 Å². The zero-order valence-corrected chi connectivity index (χ0v) is 22.2. The molecule has 11 heteroatoms. The molecule has 0 bridgehead atoms. The van der Waals surface area contributed by atoms with Crippen molar-refractivity contribution < 1.29 is 29.3 Å². The molecule has 0 saturated carbocycles. The maximum absolute atomic E-state index is 13.5. The second-order valence-electron chi connectivity index (χ2n) is 8.57. The number of methoxy groups -OCH3 is 2. The number of rotatable bonds is 12. The van der Waals surface area contributed by atoms with Crippen LogP contribution in [-0.2, 0) is 4.79 Å². The van der Waals surface area contributed by atoms with E-state index in [-0.39, 0.29) is 24.8 Å². The number of hydrogen-bond acceptors (Lipinski definition) is 8. The minimum absolute atomic E-state index is 0.119. The molecule has 1 aliphatic heterocycles. The molecular weight excluding hydrogens is 502 g/mol.